The summed E-state index contributed by atoms with van der Waals surface area (Å²) >= 11 is 1.44. The summed E-state index contributed by atoms with van der Waals surface area (Å²) in [5.41, 5.74) is -0.836. The minimum absolute atomic E-state index is 0.0133. The smallest absolute Gasteiger partial charge is 0.268 e. The van der Waals surface area contributed by atoms with Gasteiger partial charge in [-0.3, -0.25) is 4.79 Å². The van der Waals surface area contributed by atoms with Crippen molar-refractivity contribution in [2.75, 3.05) is 5.01 Å². The Hall–Kier alpha value is -2.79. The second kappa shape index (κ2) is 6.26. The highest BCUT2D eigenvalue weighted by Crippen LogP contribution is 2.35. The number of hydrogen-bond acceptors (Lipinski definition) is 3. The molecular weight excluding hydrogens is 335 g/mol. The number of benzene rings is 2. The molecule has 1 amide bonds. The number of para-hydroxylation sites is 1. The predicted molar refractivity (Wildman–Crippen MR) is 98.8 cm³/mol. The van der Waals surface area contributed by atoms with Gasteiger partial charge in [-0.15, -0.1) is 11.3 Å². The maximum Gasteiger partial charge on any atom is 0.291 e. The number of rotatable bonds is 4. The lowest BCUT2D eigenvalue weighted by atomic mass is 9.90. The van der Waals surface area contributed by atoms with Gasteiger partial charge in [0.15, 0.2) is 0 Å². The van der Waals surface area contributed by atoms with Crippen LogP contribution in [0.5, 0.6) is 0 Å². The van der Waals surface area contributed by atoms with Crippen molar-refractivity contribution in [2.45, 2.75) is 12.1 Å². The number of carbonyl (C=O) groups excluding carboxylic acids is 1. The highest BCUT2D eigenvalue weighted by molar-refractivity contribution is 7.09. The Morgan fingerprint density at radius 3 is 2.28 bits per heavy atom. The van der Waals surface area contributed by atoms with Crippen LogP contribution in [0.1, 0.15) is 10.4 Å². The molecule has 3 nitrogen and oxygen atoms in total. The summed E-state index contributed by atoms with van der Waals surface area (Å²) in [6.07, 6.45) is -0.0133. The molecular formula is C20H15FN2OS. The molecule has 0 bridgehead atoms. The first kappa shape index (κ1) is 15.7. The number of nitrogens with zero attached hydrogens (tertiary/aromatic N) is 2. The first-order valence-corrected chi connectivity index (χ1v) is 8.82. The number of hydrazone groups is 1. The minimum Gasteiger partial charge on any atom is -0.268 e. The van der Waals surface area contributed by atoms with Gasteiger partial charge in [0, 0.05) is 16.9 Å². The average Bonchev–Trinajstić information content (AvgIpc) is 3.24. The minimum atomic E-state index is -2.18. The lowest BCUT2D eigenvalue weighted by Crippen LogP contribution is -2.44. The monoisotopic (exact) mass is 350 g/mol. The third kappa shape index (κ3) is 2.76. The Labute approximate surface area is 149 Å². The van der Waals surface area contributed by atoms with Gasteiger partial charge in [0.1, 0.15) is 5.71 Å². The molecule has 0 N–H and O–H groups in total. The second-order valence-electron chi connectivity index (χ2n) is 5.82. The number of hydrogen-bond donors (Lipinski definition) is 0. The molecule has 1 atom stereocenters. The summed E-state index contributed by atoms with van der Waals surface area (Å²) in [6, 6.07) is 21.7. The van der Waals surface area contributed by atoms with Gasteiger partial charge >= 0.3 is 0 Å². The van der Waals surface area contributed by atoms with Gasteiger partial charge in [0.25, 0.3) is 5.91 Å². The average molecular weight is 350 g/mol. The van der Waals surface area contributed by atoms with Crippen LogP contribution in [0, 0.1) is 0 Å². The van der Waals surface area contributed by atoms with E-state index in [-0.39, 0.29) is 12.1 Å². The molecule has 0 spiro atoms. The molecule has 5 heteroatoms. The van der Waals surface area contributed by atoms with E-state index in [0.29, 0.717) is 11.3 Å². The lowest BCUT2D eigenvalue weighted by Gasteiger charge is -2.20. The van der Waals surface area contributed by atoms with E-state index >= 15 is 4.39 Å². The zero-order valence-electron chi connectivity index (χ0n) is 13.3. The van der Waals surface area contributed by atoms with Crippen molar-refractivity contribution < 1.29 is 9.18 Å². The molecule has 1 unspecified atom stereocenters. The van der Waals surface area contributed by atoms with Crippen LogP contribution in [0.15, 0.2) is 83.3 Å². The molecule has 0 saturated heterocycles. The SMILES string of the molecule is O=C1N(c2ccccc2)N=C(c2ccccc2)C1(F)Cc1cccs1. The Bertz CT molecular complexity index is 909. The van der Waals surface area contributed by atoms with E-state index in [1.807, 2.05) is 41.8 Å². The number of halogens is 1. The number of carbonyl (C=O) groups is 1. The van der Waals surface area contributed by atoms with Crippen molar-refractivity contribution in [1.82, 2.24) is 0 Å². The molecule has 1 aliphatic rings. The first-order chi connectivity index (χ1) is 12.2. The normalized spacial score (nSPS) is 20.0. The maximum atomic E-state index is 16.0. The molecule has 2 aromatic carbocycles. The highest BCUT2D eigenvalue weighted by Gasteiger charge is 2.53. The van der Waals surface area contributed by atoms with Gasteiger partial charge in [0.2, 0.25) is 5.67 Å². The van der Waals surface area contributed by atoms with Crippen molar-refractivity contribution >= 4 is 28.6 Å². The standard InChI is InChI=1S/C20H15FN2OS/c21-20(14-17-12-7-13-25-17)18(15-8-3-1-4-9-15)22-23(19(20)24)16-10-5-2-6-11-16/h1-13H,14H2. The quantitative estimate of drug-likeness (QED) is 0.684. The fraction of sp³-hybridized carbons (Fsp3) is 0.100. The fourth-order valence-corrected chi connectivity index (χ4v) is 3.70. The Morgan fingerprint density at radius 1 is 0.960 bits per heavy atom. The third-order valence-electron chi connectivity index (χ3n) is 4.15. The summed E-state index contributed by atoms with van der Waals surface area (Å²) in [5.74, 6) is -0.647. The van der Waals surface area contributed by atoms with Crippen LogP contribution in [-0.4, -0.2) is 17.3 Å². The van der Waals surface area contributed by atoms with E-state index in [9.17, 15) is 4.79 Å². The van der Waals surface area contributed by atoms with Gasteiger partial charge in [-0.2, -0.15) is 10.1 Å². The van der Waals surface area contributed by atoms with Crippen molar-refractivity contribution in [1.29, 1.82) is 0 Å². The van der Waals surface area contributed by atoms with Crippen LogP contribution >= 0.6 is 11.3 Å². The lowest BCUT2D eigenvalue weighted by molar-refractivity contribution is -0.125. The van der Waals surface area contributed by atoms with Crippen LogP contribution in [0.2, 0.25) is 0 Å². The Morgan fingerprint density at radius 2 is 1.64 bits per heavy atom. The van der Waals surface area contributed by atoms with E-state index in [0.717, 1.165) is 4.88 Å². The molecule has 0 aliphatic carbocycles. The molecule has 25 heavy (non-hydrogen) atoms. The van der Waals surface area contributed by atoms with E-state index < -0.39 is 11.6 Å². The van der Waals surface area contributed by atoms with Crippen LogP contribution in [0.25, 0.3) is 0 Å². The summed E-state index contributed by atoms with van der Waals surface area (Å²) in [5, 5.41) is 7.43. The molecule has 2 heterocycles. The first-order valence-electron chi connectivity index (χ1n) is 7.94. The third-order valence-corrected chi connectivity index (χ3v) is 5.03. The van der Waals surface area contributed by atoms with Crippen molar-refractivity contribution in [3.8, 4) is 0 Å². The van der Waals surface area contributed by atoms with Gasteiger partial charge in [-0.25, -0.2) is 4.39 Å². The summed E-state index contributed by atoms with van der Waals surface area (Å²) < 4.78 is 16.0. The van der Waals surface area contributed by atoms with Crippen LogP contribution < -0.4 is 5.01 Å². The van der Waals surface area contributed by atoms with Crippen molar-refractivity contribution in [3.05, 3.63) is 88.6 Å². The van der Waals surface area contributed by atoms with E-state index in [1.54, 1.807) is 36.4 Å². The molecule has 0 fully saturated rings. The van der Waals surface area contributed by atoms with Crippen molar-refractivity contribution in [3.63, 3.8) is 0 Å². The zero-order chi connectivity index (χ0) is 17.3. The van der Waals surface area contributed by atoms with Gasteiger partial charge in [-0.1, -0.05) is 54.6 Å². The number of amides is 1. The molecule has 124 valence electrons. The van der Waals surface area contributed by atoms with E-state index in [2.05, 4.69) is 5.10 Å². The van der Waals surface area contributed by atoms with Crippen LogP contribution in [-0.2, 0) is 11.2 Å². The molecule has 0 radical (unpaired) electrons. The molecule has 1 aliphatic heterocycles. The molecule has 0 saturated carbocycles. The molecule has 4 rings (SSSR count). The zero-order valence-corrected chi connectivity index (χ0v) is 14.1. The topological polar surface area (TPSA) is 32.7 Å². The second-order valence-corrected chi connectivity index (χ2v) is 6.86. The van der Waals surface area contributed by atoms with Gasteiger partial charge in [0.05, 0.1) is 5.69 Å². The number of anilines is 1. The summed E-state index contributed by atoms with van der Waals surface area (Å²) in [4.78, 5) is 13.8. The molecule has 3 aromatic rings. The van der Waals surface area contributed by atoms with Gasteiger partial charge < -0.3 is 0 Å². The van der Waals surface area contributed by atoms with Crippen LogP contribution in [0.3, 0.4) is 0 Å². The van der Waals surface area contributed by atoms with Crippen LogP contribution in [0.4, 0.5) is 10.1 Å². The van der Waals surface area contributed by atoms with E-state index in [4.69, 9.17) is 0 Å². The number of alkyl halides is 1. The fourth-order valence-electron chi connectivity index (χ4n) is 2.93. The maximum absolute atomic E-state index is 16.0. The van der Waals surface area contributed by atoms with Gasteiger partial charge in [-0.05, 0) is 23.6 Å². The summed E-state index contributed by atoms with van der Waals surface area (Å²) in [7, 11) is 0. The number of thiophene rings is 1. The predicted octanol–water partition coefficient (Wildman–Crippen LogP) is 4.45. The Kier molecular flexibility index (Phi) is 3.93. The largest absolute Gasteiger partial charge is 0.291 e. The molecule has 1 aromatic heterocycles. The Balaban J connectivity index is 1.81. The summed E-state index contributed by atoms with van der Waals surface area (Å²) in [6.45, 7) is 0. The highest BCUT2D eigenvalue weighted by atomic mass is 32.1. The van der Waals surface area contributed by atoms with Crippen molar-refractivity contribution in [2.24, 2.45) is 5.10 Å². The van der Waals surface area contributed by atoms with E-state index in [1.165, 1.54) is 16.3 Å².